The first-order valence-corrected chi connectivity index (χ1v) is 5.89. The van der Waals surface area contributed by atoms with Gasteiger partial charge in [0, 0.05) is 25.3 Å². The first kappa shape index (κ1) is 13.7. The molecule has 0 bridgehead atoms. The first-order valence-electron chi connectivity index (χ1n) is 5.89. The number of carbonyl (C=O) groups is 1. The Labute approximate surface area is 102 Å². The van der Waals surface area contributed by atoms with Gasteiger partial charge in [-0.3, -0.25) is 9.69 Å². The molecule has 94 valence electrons. The molecule has 3 N–H and O–H groups in total. The van der Waals surface area contributed by atoms with Crippen LogP contribution in [-0.2, 0) is 6.54 Å². The highest BCUT2D eigenvalue weighted by atomic mass is 16.3. The number of nitrogens with two attached hydrogens (primary N) is 1. The lowest BCUT2D eigenvalue weighted by Gasteiger charge is -2.20. The van der Waals surface area contributed by atoms with Gasteiger partial charge in [0.1, 0.15) is 0 Å². The fraction of sp³-hybridized carbons (Fsp3) is 0.462. The zero-order valence-electron chi connectivity index (χ0n) is 10.2. The summed E-state index contributed by atoms with van der Waals surface area (Å²) in [6.45, 7) is 4.83. The van der Waals surface area contributed by atoms with E-state index in [9.17, 15) is 4.79 Å². The number of amides is 1. The summed E-state index contributed by atoms with van der Waals surface area (Å²) in [7, 11) is 0. The molecular weight excluding hydrogens is 216 g/mol. The third-order valence-electron chi connectivity index (χ3n) is 2.70. The van der Waals surface area contributed by atoms with E-state index >= 15 is 0 Å². The Morgan fingerprint density at radius 2 is 2.24 bits per heavy atom. The standard InChI is InChI=1S/C13H20N2O2/c1-2-15(7-4-8-16)10-11-5-3-6-12(9-11)13(14)17/h3,5-6,9,16H,2,4,7-8,10H2,1H3,(H2,14,17). The van der Waals surface area contributed by atoms with Crippen molar-refractivity contribution in [1.29, 1.82) is 0 Å². The third kappa shape index (κ3) is 4.54. The van der Waals surface area contributed by atoms with Gasteiger partial charge in [-0.2, -0.15) is 0 Å². The lowest BCUT2D eigenvalue weighted by Crippen LogP contribution is -2.25. The van der Waals surface area contributed by atoms with Crippen molar-refractivity contribution >= 4 is 5.91 Å². The highest BCUT2D eigenvalue weighted by molar-refractivity contribution is 5.92. The molecule has 4 nitrogen and oxygen atoms in total. The minimum atomic E-state index is -0.398. The Hall–Kier alpha value is -1.39. The fourth-order valence-electron chi connectivity index (χ4n) is 1.72. The molecule has 1 aromatic rings. The fourth-order valence-corrected chi connectivity index (χ4v) is 1.72. The molecule has 0 saturated heterocycles. The van der Waals surface area contributed by atoms with Gasteiger partial charge in [-0.25, -0.2) is 0 Å². The normalized spacial score (nSPS) is 10.8. The molecule has 0 atom stereocenters. The number of aliphatic hydroxyl groups excluding tert-OH is 1. The average Bonchev–Trinajstić information content (AvgIpc) is 2.34. The summed E-state index contributed by atoms with van der Waals surface area (Å²) in [5.41, 5.74) is 6.85. The molecule has 0 aliphatic carbocycles. The first-order chi connectivity index (χ1) is 8.17. The molecule has 0 saturated carbocycles. The highest BCUT2D eigenvalue weighted by Crippen LogP contribution is 2.08. The van der Waals surface area contributed by atoms with Gasteiger partial charge in [0.25, 0.3) is 0 Å². The molecule has 0 unspecified atom stereocenters. The van der Waals surface area contributed by atoms with E-state index in [0.717, 1.165) is 31.6 Å². The minimum absolute atomic E-state index is 0.206. The van der Waals surface area contributed by atoms with Crippen LogP contribution < -0.4 is 5.73 Å². The molecule has 0 fully saturated rings. The molecule has 1 amide bonds. The van der Waals surface area contributed by atoms with Gasteiger partial charge >= 0.3 is 0 Å². The van der Waals surface area contributed by atoms with Crippen LogP contribution in [0, 0.1) is 0 Å². The van der Waals surface area contributed by atoms with Crippen molar-refractivity contribution in [1.82, 2.24) is 4.90 Å². The van der Waals surface area contributed by atoms with Crippen molar-refractivity contribution in [2.75, 3.05) is 19.7 Å². The Morgan fingerprint density at radius 3 is 2.82 bits per heavy atom. The predicted octanol–water partition coefficient (Wildman–Crippen LogP) is 0.990. The van der Waals surface area contributed by atoms with Crippen LogP contribution in [-0.4, -0.2) is 35.6 Å². The summed E-state index contributed by atoms with van der Waals surface area (Å²) < 4.78 is 0. The van der Waals surface area contributed by atoms with Crippen molar-refractivity contribution in [3.8, 4) is 0 Å². The molecule has 17 heavy (non-hydrogen) atoms. The van der Waals surface area contributed by atoms with Gasteiger partial charge < -0.3 is 10.8 Å². The predicted molar refractivity (Wildman–Crippen MR) is 67.6 cm³/mol. The summed E-state index contributed by atoms with van der Waals surface area (Å²) in [4.78, 5) is 13.3. The molecule has 0 aliphatic rings. The number of carbonyl (C=O) groups excluding carboxylic acids is 1. The lowest BCUT2D eigenvalue weighted by atomic mass is 10.1. The summed E-state index contributed by atoms with van der Waals surface area (Å²) in [6, 6.07) is 7.36. The quantitative estimate of drug-likeness (QED) is 0.742. The van der Waals surface area contributed by atoms with Gasteiger partial charge in [-0.05, 0) is 30.7 Å². The van der Waals surface area contributed by atoms with Crippen molar-refractivity contribution in [2.24, 2.45) is 5.73 Å². The van der Waals surface area contributed by atoms with Crippen molar-refractivity contribution in [3.63, 3.8) is 0 Å². The third-order valence-corrected chi connectivity index (χ3v) is 2.70. The summed E-state index contributed by atoms with van der Waals surface area (Å²) in [6.07, 6.45) is 0.767. The number of rotatable bonds is 7. The van der Waals surface area contributed by atoms with Gasteiger partial charge in [0.2, 0.25) is 5.91 Å². The number of nitrogens with zero attached hydrogens (tertiary/aromatic N) is 1. The highest BCUT2D eigenvalue weighted by Gasteiger charge is 2.05. The van der Waals surface area contributed by atoms with E-state index in [0.29, 0.717) is 5.56 Å². The van der Waals surface area contributed by atoms with Crippen LogP contribution in [0.3, 0.4) is 0 Å². The SMILES string of the molecule is CCN(CCCO)Cc1cccc(C(N)=O)c1. The number of hydrogen-bond acceptors (Lipinski definition) is 3. The van der Waals surface area contributed by atoms with Crippen LogP contribution in [0.5, 0.6) is 0 Å². The number of primary amides is 1. The summed E-state index contributed by atoms with van der Waals surface area (Å²) in [5, 5.41) is 8.81. The van der Waals surface area contributed by atoms with E-state index in [1.807, 2.05) is 18.2 Å². The number of hydrogen-bond donors (Lipinski definition) is 2. The molecule has 0 spiro atoms. The Balaban J connectivity index is 2.65. The smallest absolute Gasteiger partial charge is 0.248 e. The maximum Gasteiger partial charge on any atom is 0.248 e. The van der Waals surface area contributed by atoms with E-state index in [4.69, 9.17) is 10.8 Å². The van der Waals surface area contributed by atoms with E-state index in [1.165, 1.54) is 0 Å². The molecule has 4 heteroatoms. The van der Waals surface area contributed by atoms with Crippen LogP contribution in [0.2, 0.25) is 0 Å². The van der Waals surface area contributed by atoms with Crippen LogP contribution in [0.1, 0.15) is 29.3 Å². The van der Waals surface area contributed by atoms with Crippen molar-refractivity contribution in [2.45, 2.75) is 19.9 Å². The largest absolute Gasteiger partial charge is 0.396 e. The Bertz CT molecular complexity index is 366. The monoisotopic (exact) mass is 236 g/mol. The van der Waals surface area contributed by atoms with Crippen molar-refractivity contribution in [3.05, 3.63) is 35.4 Å². The van der Waals surface area contributed by atoms with Gasteiger partial charge in [0.15, 0.2) is 0 Å². The minimum Gasteiger partial charge on any atom is -0.396 e. The number of aliphatic hydroxyl groups is 1. The second-order valence-electron chi connectivity index (χ2n) is 4.01. The van der Waals surface area contributed by atoms with Gasteiger partial charge in [-0.15, -0.1) is 0 Å². The average molecular weight is 236 g/mol. The second kappa shape index (κ2) is 7.04. The molecule has 0 heterocycles. The summed E-state index contributed by atoms with van der Waals surface area (Å²) >= 11 is 0. The Kier molecular flexibility index (Phi) is 5.66. The molecular formula is C13H20N2O2. The van der Waals surface area contributed by atoms with Crippen LogP contribution in [0.25, 0.3) is 0 Å². The molecule has 1 aromatic carbocycles. The van der Waals surface area contributed by atoms with E-state index in [1.54, 1.807) is 6.07 Å². The zero-order chi connectivity index (χ0) is 12.7. The maximum atomic E-state index is 11.1. The van der Waals surface area contributed by atoms with Crippen LogP contribution in [0.4, 0.5) is 0 Å². The van der Waals surface area contributed by atoms with Gasteiger partial charge in [0.05, 0.1) is 0 Å². The molecule has 0 aromatic heterocycles. The Morgan fingerprint density at radius 1 is 1.47 bits per heavy atom. The molecule has 1 rings (SSSR count). The van der Waals surface area contributed by atoms with Crippen LogP contribution in [0.15, 0.2) is 24.3 Å². The zero-order valence-corrected chi connectivity index (χ0v) is 10.2. The maximum absolute atomic E-state index is 11.1. The van der Waals surface area contributed by atoms with E-state index in [2.05, 4.69) is 11.8 Å². The second-order valence-corrected chi connectivity index (χ2v) is 4.01. The summed E-state index contributed by atoms with van der Waals surface area (Å²) in [5.74, 6) is -0.398. The lowest BCUT2D eigenvalue weighted by molar-refractivity contribution is 0.1000. The molecule has 0 radical (unpaired) electrons. The molecule has 0 aliphatic heterocycles. The van der Waals surface area contributed by atoms with Gasteiger partial charge in [-0.1, -0.05) is 19.1 Å². The number of benzene rings is 1. The van der Waals surface area contributed by atoms with E-state index in [-0.39, 0.29) is 6.61 Å². The van der Waals surface area contributed by atoms with Crippen molar-refractivity contribution < 1.29 is 9.90 Å². The van der Waals surface area contributed by atoms with E-state index < -0.39 is 5.91 Å². The topological polar surface area (TPSA) is 66.6 Å². The van der Waals surface area contributed by atoms with Crippen LogP contribution >= 0.6 is 0 Å².